The van der Waals surface area contributed by atoms with Crippen molar-refractivity contribution in [2.24, 2.45) is 16.5 Å². The summed E-state index contributed by atoms with van der Waals surface area (Å²) in [6.45, 7) is 4.06. The number of guanidine groups is 1. The Labute approximate surface area is 119 Å². The Hall–Kier alpha value is -1.79. The fourth-order valence-electron chi connectivity index (χ4n) is 1.64. The Kier molecular flexibility index (Phi) is 7.46. The highest BCUT2D eigenvalue weighted by molar-refractivity contribution is 5.75. The van der Waals surface area contributed by atoms with E-state index in [0.29, 0.717) is 13.1 Å². The van der Waals surface area contributed by atoms with Crippen molar-refractivity contribution >= 4 is 5.96 Å². The molecule has 0 saturated carbocycles. The van der Waals surface area contributed by atoms with Gasteiger partial charge in [0.1, 0.15) is 18.5 Å². The van der Waals surface area contributed by atoms with Gasteiger partial charge in [-0.2, -0.15) is 0 Å². The van der Waals surface area contributed by atoms with Crippen LogP contribution in [0.25, 0.3) is 0 Å². The highest BCUT2D eigenvalue weighted by Crippen LogP contribution is 2.16. The number of nitrogens with two attached hydrogens (primary N) is 2. The maximum Gasteiger partial charge on any atom is 0.185 e. The molecule has 0 aliphatic rings. The first-order valence-corrected chi connectivity index (χ1v) is 6.72. The number of aryl methyl sites for hydroxylation is 1. The number of nitrogens with one attached hydrogen (secondary N) is 1. The zero-order valence-corrected chi connectivity index (χ0v) is 11.9. The number of nitrogens with zero attached hydrogens (tertiary/aromatic N) is 1. The quantitative estimate of drug-likeness (QED) is 0.289. The summed E-state index contributed by atoms with van der Waals surface area (Å²) in [4.78, 5) is 3.87. The second-order valence-corrected chi connectivity index (χ2v) is 4.59. The molecule has 1 atom stereocenters. The molecule has 0 heterocycles. The Morgan fingerprint density at radius 1 is 1.40 bits per heavy atom. The molecule has 0 amide bonds. The molecule has 0 aliphatic carbocycles. The second-order valence-electron chi connectivity index (χ2n) is 4.59. The molecule has 6 nitrogen and oxygen atoms in total. The van der Waals surface area contributed by atoms with Crippen LogP contribution < -0.4 is 21.5 Å². The van der Waals surface area contributed by atoms with Gasteiger partial charge in [0.2, 0.25) is 0 Å². The average Bonchev–Trinajstić information content (AvgIpc) is 2.41. The van der Waals surface area contributed by atoms with Crippen LogP contribution in [0.1, 0.15) is 12.0 Å². The Balaban J connectivity index is 2.10. The highest BCUT2D eigenvalue weighted by Gasteiger charge is 2.05. The molecule has 0 spiro atoms. The number of hydrogen-bond donors (Lipinski definition) is 4. The first kappa shape index (κ1) is 16.3. The smallest absolute Gasteiger partial charge is 0.185 e. The molecule has 6 N–H and O–H groups in total. The maximum atomic E-state index is 9.79. The molecule has 0 saturated heterocycles. The predicted octanol–water partition coefficient (Wildman–Crippen LogP) is -0.0122. The van der Waals surface area contributed by atoms with Crippen LogP contribution in [-0.4, -0.2) is 43.4 Å². The number of aliphatic hydroxyl groups excluding tert-OH is 1. The van der Waals surface area contributed by atoms with Crippen LogP contribution in [-0.2, 0) is 0 Å². The number of para-hydroxylation sites is 1. The van der Waals surface area contributed by atoms with Crippen LogP contribution in [0.15, 0.2) is 29.3 Å². The lowest BCUT2D eigenvalue weighted by Gasteiger charge is -2.14. The van der Waals surface area contributed by atoms with E-state index < -0.39 is 6.10 Å². The van der Waals surface area contributed by atoms with Crippen LogP contribution in [0.3, 0.4) is 0 Å². The summed E-state index contributed by atoms with van der Waals surface area (Å²) in [6, 6.07) is 7.74. The third-order valence-corrected chi connectivity index (χ3v) is 2.71. The van der Waals surface area contributed by atoms with E-state index in [9.17, 15) is 5.11 Å². The Morgan fingerprint density at radius 2 is 2.15 bits per heavy atom. The molecule has 6 heteroatoms. The molecule has 0 bridgehead atoms. The van der Waals surface area contributed by atoms with Gasteiger partial charge in [0.05, 0.1) is 0 Å². The van der Waals surface area contributed by atoms with E-state index in [1.54, 1.807) is 0 Å². The van der Waals surface area contributed by atoms with Crippen molar-refractivity contribution in [1.82, 2.24) is 5.32 Å². The van der Waals surface area contributed by atoms with Gasteiger partial charge in [0.15, 0.2) is 5.96 Å². The molecule has 0 radical (unpaired) electrons. The van der Waals surface area contributed by atoms with Gasteiger partial charge < -0.3 is 26.6 Å². The molecular formula is C14H24N4O2. The second kappa shape index (κ2) is 9.17. The zero-order chi connectivity index (χ0) is 14.8. The number of benzene rings is 1. The molecule has 1 aromatic carbocycles. The molecule has 0 aliphatic heterocycles. The number of hydrogen-bond acceptors (Lipinski definition) is 4. The van der Waals surface area contributed by atoms with Gasteiger partial charge in [0, 0.05) is 13.1 Å². The summed E-state index contributed by atoms with van der Waals surface area (Å²) in [5, 5.41) is 12.9. The minimum atomic E-state index is -0.544. The van der Waals surface area contributed by atoms with Crippen molar-refractivity contribution < 1.29 is 9.84 Å². The fraction of sp³-hybridized carbons (Fsp3) is 0.500. The van der Waals surface area contributed by atoms with Gasteiger partial charge in [-0.15, -0.1) is 0 Å². The first-order valence-electron chi connectivity index (χ1n) is 6.72. The molecule has 1 unspecified atom stereocenters. The van der Waals surface area contributed by atoms with Crippen LogP contribution >= 0.6 is 0 Å². The van der Waals surface area contributed by atoms with Crippen LogP contribution in [0.4, 0.5) is 0 Å². The van der Waals surface area contributed by atoms with E-state index in [0.717, 1.165) is 24.3 Å². The summed E-state index contributed by atoms with van der Waals surface area (Å²) in [5.74, 6) is 0.913. The molecule has 1 rings (SSSR count). The van der Waals surface area contributed by atoms with Crippen molar-refractivity contribution in [3.63, 3.8) is 0 Å². The average molecular weight is 280 g/mol. The fourth-order valence-corrected chi connectivity index (χ4v) is 1.64. The van der Waals surface area contributed by atoms with Crippen LogP contribution in [0, 0.1) is 6.92 Å². The van der Waals surface area contributed by atoms with Gasteiger partial charge in [-0.3, -0.25) is 4.99 Å². The van der Waals surface area contributed by atoms with E-state index >= 15 is 0 Å². The minimum absolute atomic E-state index is 0.108. The standard InChI is InChI=1S/C14H24N4O2/c1-11-5-2-3-6-13(11)20-10-12(19)9-17-7-4-8-18-14(15)16/h2-3,5-6,12,17,19H,4,7-10H2,1H3,(H4,15,16,18). The third-order valence-electron chi connectivity index (χ3n) is 2.71. The SMILES string of the molecule is Cc1ccccc1OCC(O)CNCCCN=C(N)N. The number of ether oxygens (including phenoxy) is 1. The summed E-state index contributed by atoms with van der Waals surface area (Å²) in [5.41, 5.74) is 11.5. The van der Waals surface area contributed by atoms with Crippen molar-refractivity contribution in [3.05, 3.63) is 29.8 Å². The highest BCUT2D eigenvalue weighted by atomic mass is 16.5. The zero-order valence-electron chi connectivity index (χ0n) is 11.9. The normalized spacial score (nSPS) is 11.9. The molecule has 112 valence electrons. The Bertz CT molecular complexity index is 419. The van der Waals surface area contributed by atoms with Gasteiger partial charge in [-0.25, -0.2) is 0 Å². The first-order chi connectivity index (χ1) is 9.59. The number of aliphatic imine (C=N–C) groups is 1. The van der Waals surface area contributed by atoms with E-state index in [1.807, 2.05) is 31.2 Å². The lowest BCUT2D eigenvalue weighted by atomic mass is 10.2. The van der Waals surface area contributed by atoms with Gasteiger partial charge in [-0.1, -0.05) is 18.2 Å². The molecule has 20 heavy (non-hydrogen) atoms. The van der Waals surface area contributed by atoms with Gasteiger partial charge in [0.25, 0.3) is 0 Å². The topological polar surface area (TPSA) is 106 Å². The monoisotopic (exact) mass is 280 g/mol. The molecule has 0 fully saturated rings. The summed E-state index contributed by atoms with van der Waals surface area (Å²) < 4.78 is 5.56. The predicted molar refractivity (Wildman–Crippen MR) is 80.8 cm³/mol. The van der Waals surface area contributed by atoms with Gasteiger partial charge in [-0.05, 0) is 31.5 Å². The lowest BCUT2D eigenvalue weighted by Crippen LogP contribution is -2.32. The minimum Gasteiger partial charge on any atom is -0.491 e. The lowest BCUT2D eigenvalue weighted by molar-refractivity contribution is 0.106. The molecular weight excluding hydrogens is 256 g/mol. The van der Waals surface area contributed by atoms with Crippen LogP contribution in [0.2, 0.25) is 0 Å². The van der Waals surface area contributed by atoms with E-state index in [4.69, 9.17) is 16.2 Å². The number of rotatable bonds is 9. The summed E-state index contributed by atoms with van der Waals surface area (Å²) >= 11 is 0. The van der Waals surface area contributed by atoms with E-state index in [2.05, 4.69) is 10.3 Å². The summed E-state index contributed by atoms with van der Waals surface area (Å²) in [7, 11) is 0. The third kappa shape index (κ3) is 6.96. The summed E-state index contributed by atoms with van der Waals surface area (Å²) in [6.07, 6.45) is 0.279. The molecule has 1 aromatic rings. The van der Waals surface area contributed by atoms with Crippen molar-refractivity contribution in [3.8, 4) is 5.75 Å². The van der Waals surface area contributed by atoms with Crippen LogP contribution in [0.5, 0.6) is 5.75 Å². The van der Waals surface area contributed by atoms with E-state index in [1.165, 1.54) is 0 Å². The largest absolute Gasteiger partial charge is 0.491 e. The van der Waals surface area contributed by atoms with Crippen molar-refractivity contribution in [2.75, 3.05) is 26.2 Å². The van der Waals surface area contributed by atoms with Gasteiger partial charge >= 0.3 is 0 Å². The maximum absolute atomic E-state index is 9.79. The molecule has 0 aromatic heterocycles. The number of aliphatic hydroxyl groups is 1. The Morgan fingerprint density at radius 3 is 2.85 bits per heavy atom. The van der Waals surface area contributed by atoms with Crippen molar-refractivity contribution in [2.45, 2.75) is 19.4 Å². The van der Waals surface area contributed by atoms with Crippen molar-refractivity contribution in [1.29, 1.82) is 0 Å². The van der Waals surface area contributed by atoms with E-state index in [-0.39, 0.29) is 12.6 Å².